The second-order valence-corrected chi connectivity index (χ2v) is 7.21. The summed E-state index contributed by atoms with van der Waals surface area (Å²) in [6.07, 6.45) is 0. The van der Waals surface area contributed by atoms with E-state index in [1.54, 1.807) is 4.90 Å². The molecule has 0 saturated heterocycles. The highest BCUT2D eigenvalue weighted by Gasteiger charge is 2.18. The van der Waals surface area contributed by atoms with Crippen molar-refractivity contribution in [1.82, 2.24) is 14.5 Å². The van der Waals surface area contributed by atoms with Gasteiger partial charge in [-0.15, -0.1) is 0 Å². The van der Waals surface area contributed by atoms with Gasteiger partial charge in [0.1, 0.15) is 0 Å². The molecule has 0 saturated carbocycles. The quantitative estimate of drug-likeness (QED) is 0.784. The van der Waals surface area contributed by atoms with Crippen LogP contribution >= 0.6 is 0 Å². The Morgan fingerprint density at radius 2 is 1.57 bits per heavy atom. The van der Waals surface area contributed by atoms with Crippen molar-refractivity contribution in [3.8, 4) is 0 Å². The number of nitrogens with zero attached hydrogens (tertiary/aromatic N) is 2. The van der Waals surface area contributed by atoms with E-state index < -0.39 is 15.9 Å². The largest absolute Gasteiger partial charge is 0.343 e. The van der Waals surface area contributed by atoms with Crippen molar-refractivity contribution in [2.45, 2.75) is 18.7 Å². The van der Waals surface area contributed by atoms with Crippen LogP contribution in [0.4, 0.5) is 0 Å². The van der Waals surface area contributed by atoms with Crippen LogP contribution in [0.2, 0.25) is 0 Å². The monoisotopic (exact) mass is 341 g/mol. The van der Waals surface area contributed by atoms with Gasteiger partial charge in [0, 0.05) is 32.7 Å². The van der Waals surface area contributed by atoms with Crippen LogP contribution in [0.1, 0.15) is 24.2 Å². The number of hydrogen-bond donors (Lipinski definition) is 1. The third kappa shape index (κ3) is 4.77. The van der Waals surface area contributed by atoms with Gasteiger partial charge in [-0.1, -0.05) is 0 Å². The van der Waals surface area contributed by atoms with Crippen molar-refractivity contribution in [3.63, 3.8) is 0 Å². The fourth-order valence-corrected chi connectivity index (χ4v) is 2.84. The Kier molecular flexibility index (Phi) is 6.71. The van der Waals surface area contributed by atoms with Crippen LogP contribution in [-0.4, -0.2) is 63.2 Å². The Labute approximate surface area is 137 Å². The van der Waals surface area contributed by atoms with Crippen LogP contribution in [0.15, 0.2) is 29.2 Å². The highest BCUT2D eigenvalue weighted by atomic mass is 32.2. The summed E-state index contributed by atoms with van der Waals surface area (Å²) in [6, 6.07) is 5.59. The predicted molar refractivity (Wildman–Crippen MR) is 87.6 cm³/mol. The molecule has 0 aliphatic heterocycles. The number of likely N-dealkylation sites (N-methyl/N-ethyl adjacent to an activating group) is 1. The lowest BCUT2D eigenvalue weighted by molar-refractivity contribution is -0.129. The molecule has 7 nitrogen and oxygen atoms in total. The summed E-state index contributed by atoms with van der Waals surface area (Å²) >= 11 is 0. The van der Waals surface area contributed by atoms with E-state index >= 15 is 0 Å². The zero-order chi connectivity index (χ0) is 17.6. The average Bonchev–Trinajstić information content (AvgIpc) is 2.53. The Morgan fingerprint density at radius 3 is 2.00 bits per heavy atom. The number of hydrogen-bond acceptors (Lipinski definition) is 4. The van der Waals surface area contributed by atoms with Crippen molar-refractivity contribution in [1.29, 1.82) is 0 Å². The first-order valence-electron chi connectivity index (χ1n) is 7.32. The molecule has 0 spiro atoms. The predicted octanol–water partition coefficient (Wildman–Crippen LogP) is 0.535. The van der Waals surface area contributed by atoms with Gasteiger partial charge in [0.15, 0.2) is 0 Å². The van der Waals surface area contributed by atoms with Gasteiger partial charge in [0.05, 0.1) is 11.4 Å². The minimum Gasteiger partial charge on any atom is -0.343 e. The van der Waals surface area contributed by atoms with Gasteiger partial charge in [-0.25, -0.2) is 12.7 Å². The highest BCUT2D eigenvalue weighted by molar-refractivity contribution is 7.89. The summed E-state index contributed by atoms with van der Waals surface area (Å²) in [5.74, 6) is -0.575. The van der Waals surface area contributed by atoms with E-state index in [9.17, 15) is 18.0 Å². The smallest absolute Gasteiger partial charge is 0.251 e. The Hall–Kier alpha value is -1.93. The average molecular weight is 341 g/mol. The lowest BCUT2D eigenvalue weighted by Gasteiger charge is -2.18. The first-order valence-corrected chi connectivity index (χ1v) is 8.76. The van der Waals surface area contributed by atoms with Crippen molar-refractivity contribution in [3.05, 3.63) is 29.8 Å². The fraction of sp³-hybridized carbons (Fsp3) is 0.467. The van der Waals surface area contributed by atoms with Gasteiger partial charge in [0.2, 0.25) is 15.9 Å². The molecule has 1 aromatic rings. The van der Waals surface area contributed by atoms with Crippen molar-refractivity contribution in [2.24, 2.45) is 0 Å². The summed E-state index contributed by atoms with van der Waals surface area (Å²) in [7, 11) is -0.644. The second-order valence-electron chi connectivity index (χ2n) is 5.06. The molecule has 23 heavy (non-hydrogen) atoms. The molecule has 0 aliphatic carbocycles. The molecule has 0 radical (unpaired) electrons. The van der Waals surface area contributed by atoms with Crippen LogP contribution in [0, 0.1) is 0 Å². The minimum atomic E-state index is -3.52. The van der Waals surface area contributed by atoms with E-state index in [1.807, 2.05) is 13.8 Å². The molecule has 0 heterocycles. The first kappa shape index (κ1) is 19.1. The third-order valence-electron chi connectivity index (χ3n) is 3.41. The number of carbonyl (C=O) groups is 2. The molecule has 1 N–H and O–H groups in total. The number of amides is 2. The number of nitrogens with one attached hydrogen (secondary N) is 1. The van der Waals surface area contributed by atoms with Crippen LogP contribution in [0.25, 0.3) is 0 Å². The molecule has 0 bridgehead atoms. The van der Waals surface area contributed by atoms with Gasteiger partial charge < -0.3 is 10.2 Å². The molecule has 128 valence electrons. The molecule has 0 atom stereocenters. The summed E-state index contributed by atoms with van der Waals surface area (Å²) in [5.41, 5.74) is 0.301. The molecule has 0 aromatic heterocycles. The summed E-state index contributed by atoms with van der Waals surface area (Å²) < 4.78 is 25.0. The first-order chi connectivity index (χ1) is 10.7. The zero-order valence-electron chi connectivity index (χ0n) is 13.9. The molecule has 1 rings (SSSR count). The van der Waals surface area contributed by atoms with Crippen LogP contribution in [-0.2, 0) is 14.8 Å². The van der Waals surface area contributed by atoms with Crippen LogP contribution in [0.5, 0.6) is 0 Å². The molecule has 0 unspecified atom stereocenters. The summed E-state index contributed by atoms with van der Waals surface area (Å²) in [6.45, 7) is 4.82. The Morgan fingerprint density at radius 1 is 1.04 bits per heavy atom. The summed E-state index contributed by atoms with van der Waals surface area (Å²) in [5, 5.41) is 2.54. The molecule has 8 heteroatoms. The zero-order valence-corrected chi connectivity index (χ0v) is 14.7. The molecule has 0 fully saturated rings. The van der Waals surface area contributed by atoms with E-state index in [4.69, 9.17) is 0 Å². The molecular formula is C15H23N3O4S. The van der Waals surface area contributed by atoms with Crippen LogP contribution in [0.3, 0.4) is 0 Å². The SMILES string of the molecule is CCN(CC)C(=O)CNC(=O)c1ccc(S(=O)(=O)N(C)C)cc1. The second kappa shape index (κ2) is 8.07. The fourth-order valence-electron chi connectivity index (χ4n) is 1.94. The Bertz CT molecular complexity index is 650. The highest BCUT2D eigenvalue weighted by Crippen LogP contribution is 2.13. The van der Waals surface area contributed by atoms with E-state index in [2.05, 4.69) is 5.32 Å². The Balaban J connectivity index is 2.74. The van der Waals surface area contributed by atoms with E-state index in [0.717, 1.165) is 4.31 Å². The number of sulfonamides is 1. The van der Waals surface area contributed by atoms with E-state index in [0.29, 0.717) is 18.7 Å². The number of benzene rings is 1. The normalized spacial score (nSPS) is 11.3. The lowest BCUT2D eigenvalue weighted by atomic mass is 10.2. The van der Waals surface area contributed by atoms with Gasteiger partial charge in [-0.05, 0) is 38.1 Å². The van der Waals surface area contributed by atoms with Crippen LogP contribution < -0.4 is 5.32 Å². The number of carbonyl (C=O) groups excluding carboxylic acids is 2. The van der Waals surface area contributed by atoms with E-state index in [-0.39, 0.29) is 17.3 Å². The molecule has 0 aliphatic rings. The van der Waals surface area contributed by atoms with Gasteiger partial charge in [-0.2, -0.15) is 0 Å². The maximum absolute atomic E-state index is 12.0. The minimum absolute atomic E-state index is 0.0851. The van der Waals surface area contributed by atoms with Crippen molar-refractivity contribution < 1.29 is 18.0 Å². The molecule has 1 aromatic carbocycles. The lowest BCUT2D eigenvalue weighted by Crippen LogP contribution is -2.40. The summed E-state index contributed by atoms with van der Waals surface area (Å²) in [4.78, 5) is 25.6. The van der Waals surface area contributed by atoms with Gasteiger partial charge in [0.25, 0.3) is 5.91 Å². The number of rotatable bonds is 7. The molecular weight excluding hydrogens is 318 g/mol. The van der Waals surface area contributed by atoms with Crippen molar-refractivity contribution >= 4 is 21.8 Å². The maximum Gasteiger partial charge on any atom is 0.251 e. The molecule has 2 amide bonds. The standard InChI is InChI=1S/C15H23N3O4S/c1-5-18(6-2)14(19)11-16-15(20)12-7-9-13(10-8-12)23(21,22)17(3)4/h7-10H,5-6,11H2,1-4H3,(H,16,20). The van der Waals surface area contributed by atoms with Gasteiger partial charge >= 0.3 is 0 Å². The van der Waals surface area contributed by atoms with Gasteiger partial charge in [-0.3, -0.25) is 9.59 Å². The van der Waals surface area contributed by atoms with E-state index in [1.165, 1.54) is 38.4 Å². The van der Waals surface area contributed by atoms with Crippen molar-refractivity contribution in [2.75, 3.05) is 33.7 Å². The third-order valence-corrected chi connectivity index (χ3v) is 5.24. The topological polar surface area (TPSA) is 86.8 Å². The maximum atomic E-state index is 12.0.